The first-order chi connectivity index (χ1) is 11.2. The molecule has 2 heterocycles. The Bertz CT molecular complexity index is 542. The van der Waals surface area contributed by atoms with Gasteiger partial charge < -0.3 is 4.90 Å². The summed E-state index contributed by atoms with van der Waals surface area (Å²) in [7, 11) is 0. The van der Waals surface area contributed by atoms with Gasteiger partial charge in [-0.05, 0) is 80.5 Å². The van der Waals surface area contributed by atoms with Crippen molar-refractivity contribution in [2.45, 2.75) is 43.5 Å². The summed E-state index contributed by atoms with van der Waals surface area (Å²) in [6.07, 6.45) is 9.43. The maximum absolute atomic E-state index is 2.79. The monoisotopic (exact) mass is 330 g/mol. The van der Waals surface area contributed by atoms with E-state index < -0.39 is 0 Å². The Morgan fingerprint density at radius 3 is 2.83 bits per heavy atom. The highest BCUT2D eigenvalue weighted by molar-refractivity contribution is 7.98. The molecule has 23 heavy (non-hydrogen) atoms. The second-order valence-corrected chi connectivity index (χ2v) is 8.97. The molecule has 0 aromatic heterocycles. The van der Waals surface area contributed by atoms with Crippen molar-refractivity contribution in [3.8, 4) is 0 Å². The third kappa shape index (κ3) is 3.94. The van der Waals surface area contributed by atoms with E-state index in [0.29, 0.717) is 5.41 Å². The molecule has 4 rings (SSSR count). The minimum absolute atomic E-state index is 0.601. The summed E-state index contributed by atoms with van der Waals surface area (Å²) in [4.78, 5) is 6.89. The van der Waals surface area contributed by atoms with Crippen molar-refractivity contribution in [1.82, 2.24) is 9.80 Å². The number of hydrogen-bond acceptors (Lipinski definition) is 3. The lowest BCUT2D eigenvalue weighted by Gasteiger charge is -2.40. The molecule has 1 atom stereocenters. The Morgan fingerprint density at radius 2 is 2.00 bits per heavy atom. The fourth-order valence-corrected chi connectivity index (χ4v) is 5.14. The van der Waals surface area contributed by atoms with Crippen LogP contribution in [0.2, 0.25) is 0 Å². The van der Waals surface area contributed by atoms with E-state index in [-0.39, 0.29) is 0 Å². The Labute approximate surface area is 145 Å². The molecular weight excluding hydrogens is 300 g/mol. The molecule has 3 aliphatic rings. The number of piperidine rings is 1. The summed E-state index contributed by atoms with van der Waals surface area (Å²) in [6, 6.07) is 9.10. The van der Waals surface area contributed by atoms with Crippen LogP contribution in [0.15, 0.2) is 29.2 Å². The first-order valence-electron chi connectivity index (χ1n) is 9.32. The number of nitrogens with zero attached hydrogens (tertiary/aromatic N) is 2. The van der Waals surface area contributed by atoms with E-state index in [4.69, 9.17) is 0 Å². The lowest BCUT2D eigenvalue weighted by Crippen LogP contribution is -2.45. The number of hydrogen-bond donors (Lipinski definition) is 0. The van der Waals surface area contributed by atoms with Crippen LogP contribution in [0.25, 0.3) is 0 Å². The highest BCUT2D eigenvalue weighted by Crippen LogP contribution is 2.41. The molecule has 3 heteroatoms. The zero-order chi connectivity index (χ0) is 15.7. The van der Waals surface area contributed by atoms with Crippen LogP contribution in [0.1, 0.15) is 37.7 Å². The van der Waals surface area contributed by atoms with E-state index in [2.05, 4.69) is 40.3 Å². The number of likely N-dealkylation sites (tertiary alicyclic amines) is 2. The average Bonchev–Trinajstić information content (AvgIpc) is 3.30. The van der Waals surface area contributed by atoms with E-state index in [1.54, 1.807) is 0 Å². The summed E-state index contributed by atoms with van der Waals surface area (Å²) >= 11 is 1.85. The molecule has 0 bridgehead atoms. The lowest BCUT2D eigenvalue weighted by atomic mass is 9.79. The van der Waals surface area contributed by atoms with Crippen molar-refractivity contribution in [1.29, 1.82) is 0 Å². The smallest absolute Gasteiger partial charge is 0.0234 e. The molecule has 0 radical (unpaired) electrons. The summed E-state index contributed by atoms with van der Waals surface area (Å²) in [5.41, 5.74) is 2.09. The van der Waals surface area contributed by atoms with Gasteiger partial charge >= 0.3 is 0 Å². The van der Waals surface area contributed by atoms with Gasteiger partial charge in [0.2, 0.25) is 0 Å². The zero-order valence-corrected chi connectivity index (χ0v) is 15.3. The standard InChI is InChI=1S/C20H30N2S/c1-23-19-5-2-4-18(12-19)14-22-11-9-20(16-22)8-3-10-21(15-20)13-17-6-7-17/h2,4-5,12,17H,3,6-11,13-16H2,1H3/t20-/m0/s1. The molecular formula is C20H30N2S. The summed E-state index contributed by atoms with van der Waals surface area (Å²) in [6.45, 7) is 7.85. The summed E-state index contributed by atoms with van der Waals surface area (Å²) < 4.78 is 0. The maximum atomic E-state index is 2.79. The van der Waals surface area contributed by atoms with E-state index in [1.807, 2.05) is 11.8 Å². The normalized spacial score (nSPS) is 29.4. The highest BCUT2D eigenvalue weighted by Gasteiger charge is 2.41. The van der Waals surface area contributed by atoms with Gasteiger partial charge in [0, 0.05) is 31.1 Å². The van der Waals surface area contributed by atoms with Crippen LogP contribution in [-0.4, -0.2) is 48.8 Å². The van der Waals surface area contributed by atoms with E-state index in [0.717, 1.165) is 12.5 Å². The van der Waals surface area contributed by atoms with Crippen LogP contribution in [0, 0.1) is 11.3 Å². The molecule has 0 amide bonds. The van der Waals surface area contributed by atoms with Gasteiger partial charge in [-0.15, -0.1) is 11.8 Å². The van der Waals surface area contributed by atoms with Crippen molar-refractivity contribution in [2.75, 3.05) is 39.0 Å². The van der Waals surface area contributed by atoms with Crippen molar-refractivity contribution in [3.05, 3.63) is 29.8 Å². The number of rotatable bonds is 5. The van der Waals surface area contributed by atoms with Crippen molar-refractivity contribution in [2.24, 2.45) is 11.3 Å². The fraction of sp³-hybridized carbons (Fsp3) is 0.700. The summed E-state index contributed by atoms with van der Waals surface area (Å²) in [5.74, 6) is 1.04. The minimum Gasteiger partial charge on any atom is -0.302 e. The molecule has 3 fully saturated rings. The van der Waals surface area contributed by atoms with Gasteiger partial charge in [-0.3, -0.25) is 4.90 Å². The van der Waals surface area contributed by atoms with Gasteiger partial charge in [0.05, 0.1) is 0 Å². The SMILES string of the molecule is CSc1cccc(CN2CC[C@]3(CCCN(CC4CC4)C3)C2)c1. The Morgan fingerprint density at radius 1 is 1.13 bits per heavy atom. The third-order valence-electron chi connectivity index (χ3n) is 6.01. The zero-order valence-electron chi connectivity index (χ0n) is 14.5. The molecule has 1 saturated carbocycles. The number of thioether (sulfide) groups is 1. The van der Waals surface area contributed by atoms with Crippen molar-refractivity contribution in [3.63, 3.8) is 0 Å². The number of benzene rings is 1. The molecule has 1 aromatic rings. The second kappa shape index (κ2) is 6.78. The van der Waals surface area contributed by atoms with Crippen LogP contribution >= 0.6 is 11.8 Å². The van der Waals surface area contributed by atoms with Gasteiger partial charge in [0.1, 0.15) is 0 Å². The Balaban J connectivity index is 1.35. The van der Waals surface area contributed by atoms with E-state index in [1.165, 1.54) is 75.3 Å². The largest absolute Gasteiger partial charge is 0.302 e. The van der Waals surface area contributed by atoms with Crippen LogP contribution in [0.3, 0.4) is 0 Å². The highest BCUT2D eigenvalue weighted by atomic mass is 32.2. The first-order valence-corrected chi connectivity index (χ1v) is 10.5. The van der Waals surface area contributed by atoms with Crippen LogP contribution in [-0.2, 0) is 6.54 Å². The van der Waals surface area contributed by atoms with E-state index in [9.17, 15) is 0 Å². The van der Waals surface area contributed by atoms with Crippen molar-refractivity contribution >= 4 is 11.8 Å². The predicted octanol–water partition coefficient (Wildman–Crippen LogP) is 4.11. The topological polar surface area (TPSA) is 6.48 Å². The molecule has 126 valence electrons. The Kier molecular flexibility index (Phi) is 4.71. The van der Waals surface area contributed by atoms with Gasteiger partial charge in [-0.2, -0.15) is 0 Å². The van der Waals surface area contributed by atoms with Gasteiger partial charge in [-0.25, -0.2) is 0 Å². The van der Waals surface area contributed by atoms with Crippen molar-refractivity contribution < 1.29 is 0 Å². The van der Waals surface area contributed by atoms with Gasteiger partial charge in [0.15, 0.2) is 0 Å². The van der Waals surface area contributed by atoms with Gasteiger partial charge in [-0.1, -0.05) is 12.1 Å². The molecule has 0 unspecified atom stereocenters. The molecule has 2 saturated heterocycles. The van der Waals surface area contributed by atoms with E-state index >= 15 is 0 Å². The molecule has 2 aliphatic heterocycles. The predicted molar refractivity (Wildman–Crippen MR) is 98.9 cm³/mol. The molecule has 1 aromatic carbocycles. The third-order valence-corrected chi connectivity index (χ3v) is 6.74. The fourth-order valence-electron chi connectivity index (χ4n) is 4.66. The van der Waals surface area contributed by atoms with Crippen LogP contribution in [0.4, 0.5) is 0 Å². The summed E-state index contributed by atoms with van der Waals surface area (Å²) in [5, 5.41) is 0. The minimum atomic E-state index is 0.601. The lowest BCUT2D eigenvalue weighted by molar-refractivity contribution is 0.0884. The molecule has 0 N–H and O–H groups in total. The van der Waals surface area contributed by atoms with Gasteiger partial charge in [0.25, 0.3) is 0 Å². The molecule has 2 nitrogen and oxygen atoms in total. The average molecular weight is 331 g/mol. The van der Waals surface area contributed by atoms with Crippen LogP contribution < -0.4 is 0 Å². The first kappa shape index (κ1) is 16.0. The quantitative estimate of drug-likeness (QED) is 0.750. The van der Waals surface area contributed by atoms with Crippen LogP contribution in [0.5, 0.6) is 0 Å². The molecule has 1 spiro atoms. The Hall–Kier alpha value is -0.510. The second-order valence-electron chi connectivity index (χ2n) is 8.09. The molecule has 1 aliphatic carbocycles. The maximum Gasteiger partial charge on any atom is 0.0234 e.